The van der Waals surface area contributed by atoms with Crippen molar-refractivity contribution < 1.29 is 44.0 Å². The summed E-state index contributed by atoms with van der Waals surface area (Å²) in [6.07, 6.45) is -1.29. The van der Waals surface area contributed by atoms with Gasteiger partial charge in [0.15, 0.2) is 0 Å². The highest BCUT2D eigenvalue weighted by Gasteiger charge is 2.97. The van der Waals surface area contributed by atoms with Crippen LogP contribution in [0, 0.1) is 5.41 Å². The molecule has 1 heterocycles. The highest BCUT2D eigenvalue weighted by atomic mass is 19.4. The van der Waals surface area contributed by atoms with Gasteiger partial charge < -0.3 is 0 Å². The molecule has 11 heteroatoms. The van der Waals surface area contributed by atoms with Gasteiger partial charge in [0.25, 0.3) is 5.67 Å². The third-order valence-electron chi connectivity index (χ3n) is 4.90. The van der Waals surface area contributed by atoms with Crippen LogP contribution in [0.3, 0.4) is 0 Å². The van der Waals surface area contributed by atoms with E-state index in [2.05, 4.69) is 0 Å². The van der Waals surface area contributed by atoms with Crippen molar-refractivity contribution in [3.8, 4) is 0 Å². The second-order valence-corrected chi connectivity index (χ2v) is 6.29. The number of rotatable bonds is 1. The van der Waals surface area contributed by atoms with Crippen LogP contribution in [-0.4, -0.2) is 34.7 Å². The molecule has 0 unspecified atom stereocenters. The molecule has 1 aliphatic heterocycles. The molecule has 1 saturated carbocycles. The van der Waals surface area contributed by atoms with Gasteiger partial charge in [-0.2, -0.15) is 35.1 Å². The predicted octanol–water partition coefficient (Wildman–Crippen LogP) is 5.32. The van der Waals surface area contributed by atoms with Crippen LogP contribution in [0.25, 0.3) is 0 Å². The Morgan fingerprint density at radius 2 is 1.00 bits per heavy atom. The van der Waals surface area contributed by atoms with Crippen LogP contribution in [0.1, 0.15) is 39.0 Å². The van der Waals surface area contributed by atoms with E-state index in [4.69, 9.17) is 0 Å². The van der Waals surface area contributed by atoms with Crippen LogP contribution in [-0.2, 0) is 0 Å². The summed E-state index contributed by atoms with van der Waals surface area (Å²) in [5, 5.41) is -3.23. The molecule has 23 heavy (non-hydrogen) atoms. The van der Waals surface area contributed by atoms with Crippen LogP contribution in [0.15, 0.2) is 0 Å². The standard InChI is InChI=1S/C12H13F10N/c1-7(5-3-2-4-6-7)8(13)9(14,15)11(18,19)23(22)12(20,21)10(8,16)17/h2-6H2,1H3. The Morgan fingerprint density at radius 3 is 1.35 bits per heavy atom. The molecule has 1 aliphatic carbocycles. The second kappa shape index (κ2) is 4.66. The van der Waals surface area contributed by atoms with Crippen molar-refractivity contribution in [2.24, 2.45) is 5.41 Å². The quantitative estimate of drug-likeness (QED) is 0.347. The third-order valence-corrected chi connectivity index (χ3v) is 4.90. The summed E-state index contributed by atoms with van der Waals surface area (Å²) in [7, 11) is 0. The molecule has 0 aromatic heterocycles. The fraction of sp³-hybridized carbons (Fsp3) is 1.00. The minimum absolute atomic E-state index is 0.0786. The van der Waals surface area contributed by atoms with Crippen LogP contribution in [0.5, 0.6) is 0 Å². The molecule has 0 bridgehead atoms. The molecule has 2 fully saturated rings. The Morgan fingerprint density at radius 1 is 0.652 bits per heavy atom. The molecule has 0 aromatic rings. The summed E-state index contributed by atoms with van der Waals surface area (Å²) in [5.74, 6) is -12.7. The van der Waals surface area contributed by atoms with Crippen LogP contribution >= 0.6 is 0 Å². The van der Waals surface area contributed by atoms with Crippen molar-refractivity contribution in [1.82, 2.24) is 5.12 Å². The molecule has 1 saturated heterocycles. The molecule has 0 spiro atoms. The van der Waals surface area contributed by atoms with Gasteiger partial charge in [-0.1, -0.05) is 26.2 Å². The van der Waals surface area contributed by atoms with E-state index in [1.807, 2.05) is 0 Å². The number of piperidine rings is 1. The van der Waals surface area contributed by atoms with E-state index in [1.165, 1.54) is 0 Å². The predicted molar refractivity (Wildman–Crippen MR) is 57.8 cm³/mol. The van der Waals surface area contributed by atoms with E-state index in [9.17, 15) is 44.0 Å². The highest BCUT2D eigenvalue weighted by Crippen LogP contribution is 2.70. The van der Waals surface area contributed by atoms with Crippen molar-refractivity contribution in [3.63, 3.8) is 0 Å². The lowest BCUT2D eigenvalue weighted by molar-refractivity contribution is -0.531. The van der Waals surface area contributed by atoms with Gasteiger partial charge in [0.1, 0.15) is 0 Å². The number of alkyl halides is 9. The lowest BCUT2D eigenvalue weighted by atomic mass is 9.59. The van der Waals surface area contributed by atoms with E-state index < -0.39 is 53.0 Å². The Bertz CT molecular complexity index is 454. The molecule has 0 atom stereocenters. The summed E-state index contributed by atoms with van der Waals surface area (Å²) >= 11 is 0. The topological polar surface area (TPSA) is 3.24 Å². The summed E-state index contributed by atoms with van der Waals surface area (Å²) in [6.45, 7) is 0.494. The normalized spacial score (nSPS) is 34.0. The van der Waals surface area contributed by atoms with E-state index in [-0.39, 0.29) is 12.8 Å². The van der Waals surface area contributed by atoms with E-state index in [0.29, 0.717) is 13.3 Å². The van der Waals surface area contributed by atoms with Crippen molar-refractivity contribution in [2.45, 2.75) is 68.6 Å². The third kappa shape index (κ3) is 1.80. The van der Waals surface area contributed by atoms with Gasteiger partial charge in [-0.25, -0.2) is 4.39 Å². The summed E-state index contributed by atoms with van der Waals surface area (Å²) in [5.41, 5.74) is -8.49. The number of hydrogen-bond acceptors (Lipinski definition) is 1. The summed E-state index contributed by atoms with van der Waals surface area (Å²) in [4.78, 5) is 0. The van der Waals surface area contributed by atoms with Crippen LogP contribution in [0.4, 0.5) is 44.0 Å². The molecule has 0 aromatic carbocycles. The molecule has 1 nitrogen and oxygen atoms in total. The van der Waals surface area contributed by atoms with Crippen molar-refractivity contribution in [2.75, 3.05) is 0 Å². The van der Waals surface area contributed by atoms with E-state index in [1.54, 1.807) is 0 Å². The van der Waals surface area contributed by atoms with Gasteiger partial charge >= 0.3 is 23.9 Å². The zero-order chi connectivity index (χ0) is 18.1. The first kappa shape index (κ1) is 18.6. The van der Waals surface area contributed by atoms with Gasteiger partial charge in [-0.3, -0.25) is 0 Å². The maximum atomic E-state index is 14.9. The first-order valence-corrected chi connectivity index (χ1v) is 6.77. The van der Waals surface area contributed by atoms with E-state index in [0.717, 1.165) is 0 Å². The Labute approximate surface area is 124 Å². The molecular weight excluding hydrogens is 348 g/mol. The molecule has 2 aliphatic rings. The minimum atomic E-state index is -6.44. The molecule has 2 rings (SSSR count). The van der Waals surface area contributed by atoms with Gasteiger partial charge in [0.2, 0.25) is 0 Å². The zero-order valence-corrected chi connectivity index (χ0v) is 11.8. The summed E-state index contributed by atoms with van der Waals surface area (Å²) in [6, 6.07) is -12.9. The SMILES string of the molecule is CC1(C2(F)C(F)(F)C(F)(F)N(F)C(F)(F)C2(F)F)CCCCC1. The Balaban J connectivity index is 2.76. The lowest BCUT2D eigenvalue weighted by Gasteiger charge is -2.58. The second-order valence-electron chi connectivity index (χ2n) is 6.29. The minimum Gasteiger partial charge on any atom is -0.229 e. The number of nitrogens with zero attached hydrogens (tertiary/aromatic N) is 1. The first-order valence-electron chi connectivity index (χ1n) is 6.77. The van der Waals surface area contributed by atoms with Crippen LogP contribution in [0.2, 0.25) is 0 Å². The van der Waals surface area contributed by atoms with E-state index >= 15 is 0 Å². The number of hydrogen-bond donors (Lipinski definition) is 0. The number of halogens is 10. The van der Waals surface area contributed by atoms with Crippen molar-refractivity contribution >= 4 is 0 Å². The molecule has 0 amide bonds. The largest absolute Gasteiger partial charge is 0.401 e. The van der Waals surface area contributed by atoms with Crippen LogP contribution < -0.4 is 0 Å². The van der Waals surface area contributed by atoms with Gasteiger partial charge in [0, 0.05) is 5.41 Å². The van der Waals surface area contributed by atoms with Crippen molar-refractivity contribution in [1.29, 1.82) is 0 Å². The average molecular weight is 361 g/mol. The fourth-order valence-electron chi connectivity index (χ4n) is 3.47. The van der Waals surface area contributed by atoms with Gasteiger partial charge in [0.05, 0.1) is 0 Å². The maximum absolute atomic E-state index is 14.9. The maximum Gasteiger partial charge on any atom is 0.401 e. The van der Waals surface area contributed by atoms with Crippen molar-refractivity contribution in [3.05, 3.63) is 0 Å². The zero-order valence-electron chi connectivity index (χ0n) is 11.8. The highest BCUT2D eigenvalue weighted by molar-refractivity contribution is 5.23. The molecule has 0 N–H and O–H groups in total. The Hall–Kier alpha value is -0.740. The monoisotopic (exact) mass is 361 g/mol. The molecule has 136 valence electrons. The molecule has 0 radical (unpaired) electrons. The Kier molecular flexibility index (Phi) is 3.77. The smallest absolute Gasteiger partial charge is 0.229 e. The average Bonchev–Trinajstić information content (AvgIpc) is 2.44. The molecular formula is C12H13F10N. The first-order chi connectivity index (χ1) is 10.1. The van der Waals surface area contributed by atoms with Gasteiger partial charge in [-0.05, 0) is 18.0 Å². The lowest BCUT2D eigenvalue weighted by Crippen LogP contribution is -2.84. The fourth-order valence-corrected chi connectivity index (χ4v) is 3.47. The van der Waals surface area contributed by atoms with Gasteiger partial charge in [-0.15, -0.1) is 4.48 Å². The summed E-state index contributed by atoms with van der Waals surface area (Å²) < 4.78 is 137.